The van der Waals surface area contributed by atoms with Crippen molar-refractivity contribution in [3.05, 3.63) is 53.3 Å². The fourth-order valence-corrected chi connectivity index (χ4v) is 3.32. The minimum Gasteiger partial charge on any atom is -0.452 e. The van der Waals surface area contributed by atoms with Gasteiger partial charge in [0.1, 0.15) is 5.75 Å². The van der Waals surface area contributed by atoms with Crippen molar-refractivity contribution in [2.24, 2.45) is 0 Å². The number of alkyl halides is 2. The van der Waals surface area contributed by atoms with E-state index in [4.69, 9.17) is 4.74 Å². The van der Waals surface area contributed by atoms with Crippen molar-refractivity contribution in [3.8, 4) is 5.75 Å². The Bertz CT molecular complexity index is 1140. The number of hydrogen-bond donors (Lipinski definition) is 1. The number of nitrogens with zero attached hydrogens (tertiary/aromatic N) is 3. The van der Waals surface area contributed by atoms with Crippen LogP contribution in [0.25, 0.3) is 11.0 Å². The van der Waals surface area contributed by atoms with Gasteiger partial charge in [-0.15, -0.1) is 0 Å². The molecule has 0 aliphatic carbocycles. The molecular formula is C24H28F2N4O4. The summed E-state index contributed by atoms with van der Waals surface area (Å²) in [5.74, 6) is -0.911. The van der Waals surface area contributed by atoms with E-state index in [-0.39, 0.29) is 17.7 Å². The molecule has 8 nitrogen and oxygen atoms in total. The number of benzene rings is 1. The number of carbonyl (C=O) groups excluding carboxylic acids is 2. The maximum Gasteiger partial charge on any atom is 0.387 e. The highest BCUT2D eigenvalue weighted by Crippen LogP contribution is 2.25. The molecule has 0 spiro atoms. The summed E-state index contributed by atoms with van der Waals surface area (Å²) in [6.45, 7) is 4.90. The topological polar surface area (TPSA) is 95.3 Å². The molecule has 0 saturated heterocycles. The molecule has 0 bridgehead atoms. The molecule has 1 N–H and O–H groups in total. The third kappa shape index (κ3) is 6.27. The highest BCUT2D eigenvalue weighted by atomic mass is 19.3. The van der Waals surface area contributed by atoms with Crippen LogP contribution in [-0.4, -0.2) is 46.4 Å². The third-order valence-electron chi connectivity index (χ3n) is 5.11. The first-order valence-corrected chi connectivity index (χ1v) is 11.0. The summed E-state index contributed by atoms with van der Waals surface area (Å²) >= 11 is 0. The van der Waals surface area contributed by atoms with Gasteiger partial charge in [0.15, 0.2) is 12.3 Å². The molecule has 0 radical (unpaired) electrons. The molecule has 3 rings (SSSR count). The molecule has 0 saturated carbocycles. The third-order valence-corrected chi connectivity index (χ3v) is 5.11. The molecule has 0 aliphatic rings. The van der Waals surface area contributed by atoms with Crippen molar-refractivity contribution < 1.29 is 27.8 Å². The molecule has 10 heteroatoms. The Kier molecular flexibility index (Phi) is 8.14. The zero-order valence-electron chi connectivity index (χ0n) is 19.5. The van der Waals surface area contributed by atoms with Crippen LogP contribution in [0.4, 0.5) is 8.78 Å². The van der Waals surface area contributed by atoms with E-state index in [0.717, 1.165) is 11.3 Å². The first kappa shape index (κ1) is 25.1. The van der Waals surface area contributed by atoms with Gasteiger partial charge in [-0.05, 0) is 49.9 Å². The SMILES string of the molecule is CC(C)c1cc(C(=O)OCC(=O)NCCc2ccc(OC(F)F)cc2)c2cnn(C(C)C)c2n1. The maximum atomic E-state index is 12.8. The average Bonchev–Trinajstić information content (AvgIpc) is 3.22. The molecule has 2 aromatic heterocycles. The summed E-state index contributed by atoms with van der Waals surface area (Å²) in [6.07, 6.45) is 2.06. The van der Waals surface area contributed by atoms with Crippen molar-refractivity contribution in [2.75, 3.05) is 13.2 Å². The van der Waals surface area contributed by atoms with Gasteiger partial charge in [0.25, 0.3) is 5.91 Å². The van der Waals surface area contributed by atoms with E-state index in [1.54, 1.807) is 29.1 Å². The number of carbonyl (C=O) groups is 2. The van der Waals surface area contributed by atoms with E-state index < -0.39 is 25.1 Å². The number of esters is 1. The predicted octanol–water partition coefficient (Wildman–Crippen LogP) is 4.25. The number of amides is 1. The number of halogens is 2. The second kappa shape index (κ2) is 11.0. The number of nitrogens with one attached hydrogen (secondary N) is 1. The summed E-state index contributed by atoms with van der Waals surface area (Å²) in [5.41, 5.74) is 2.49. The molecule has 2 heterocycles. The molecule has 0 unspecified atom stereocenters. The minimum atomic E-state index is -2.88. The lowest BCUT2D eigenvalue weighted by atomic mass is 10.1. The van der Waals surface area contributed by atoms with Crippen LogP contribution in [0.5, 0.6) is 5.75 Å². The molecule has 182 valence electrons. The standard InChI is InChI=1S/C24H28F2N4O4/c1-14(2)20-11-18(19-12-28-30(15(3)4)22(19)29-20)23(32)33-13-21(31)27-10-9-16-5-7-17(8-6-16)34-24(25)26/h5-8,11-12,14-15,24H,9-10,13H2,1-4H3,(H,27,31). The smallest absolute Gasteiger partial charge is 0.387 e. The quantitative estimate of drug-likeness (QED) is 0.442. The van der Waals surface area contributed by atoms with Gasteiger partial charge in [-0.2, -0.15) is 13.9 Å². The fourth-order valence-electron chi connectivity index (χ4n) is 3.32. The highest BCUT2D eigenvalue weighted by molar-refractivity contribution is 6.03. The van der Waals surface area contributed by atoms with Crippen molar-refractivity contribution in [1.82, 2.24) is 20.1 Å². The monoisotopic (exact) mass is 474 g/mol. The average molecular weight is 475 g/mol. The van der Waals surface area contributed by atoms with Gasteiger partial charge in [0, 0.05) is 18.3 Å². The Morgan fingerprint density at radius 2 is 1.82 bits per heavy atom. The second-order valence-electron chi connectivity index (χ2n) is 8.37. The summed E-state index contributed by atoms with van der Waals surface area (Å²) in [5, 5.41) is 7.59. The lowest BCUT2D eigenvalue weighted by Gasteiger charge is -2.12. The van der Waals surface area contributed by atoms with Crippen LogP contribution in [0.3, 0.4) is 0 Å². The summed E-state index contributed by atoms with van der Waals surface area (Å²) in [4.78, 5) is 29.6. The van der Waals surface area contributed by atoms with Crippen LogP contribution in [0, 0.1) is 0 Å². The van der Waals surface area contributed by atoms with Crippen molar-refractivity contribution in [2.45, 2.75) is 52.7 Å². The summed E-state index contributed by atoms with van der Waals surface area (Å²) < 4.78 is 35.7. The van der Waals surface area contributed by atoms with E-state index in [2.05, 4.69) is 20.1 Å². The Morgan fingerprint density at radius 3 is 2.44 bits per heavy atom. The van der Waals surface area contributed by atoms with Crippen molar-refractivity contribution in [1.29, 1.82) is 0 Å². The van der Waals surface area contributed by atoms with E-state index in [9.17, 15) is 18.4 Å². The van der Waals surface area contributed by atoms with Crippen molar-refractivity contribution in [3.63, 3.8) is 0 Å². The van der Waals surface area contributed by atoms with Gasteiger partial charge in [-0.25, -0.2) is 14.5 Å². The van der Waals surface area contributed by atoms with Gasteiger partial charge in [-0.3, -0.25) is 4.79 Å². The Hall–Kier alpha value is -3.56. The van der Waals surface area contributed by atoms with Crippen LogP contribution in [-0.2, 0) is 16.0 Å². The molecule has 0 fully saturated rings. The fraction of sp³-hybridized carbons (Fsp3) is 0.417. The number of ether oxygens (including phenoxy) is 2. The normalized spacial score (nSPS) is 11.4. The van der Waals surface area contributed by atoms with E-state index in [1.807, 2.05) is 27.7 Å². The van der Waals surface area contributed by atoms with Gasteiger partial charge in [0.05, 0.1) is 17.1 Å². The summed E-state index contributed by atoms with van der Waals surface area (Å²) in [7, 11) is 0. The number of aromatic nitrogens is 3. The van der Waals surface area contributed by atoms with Crippen LogP contribution in [0.2, 0.25) is 0 Å². The van der Waals surface area contributed by atoms with Crippen LogP contribution < -0.4 is 10.1 Å². The zero-order valence-corrected chi connectivity index (χ0v) is 19.5. The molecule has 34 heavy (non-hydrogen) atoms. The van der Waals surface area contributed by atoms with Crippen LogP contribution in [0.15, 0.2) is 36.5 Å². The maximum absolute atomic E-state index is 12.8. The Balaban J connectivity index is 1.57. The van der Waals surface area contributed by atoms with E-state index in [1.165, 1.54) is 12.1 Å². The van der Waals surface area contributed by atoms with Crippen LogP contribution >= 0.6 is 0 Å². The Morgan fingerprint density at radius 1 is 1.12 bits per heavy atom. The summed E-state index contributed by atoms with van der Waals surface area (Å²) in [6, 6.07) is 7.90. The van der Waals surface area contributed by atoms with Gasteiger partial charge in [-0.1, -0.05) is 26.0 Å². The molecule has 3 aromatic rings. The van der Waals surface area contributed by atoms with Crippen molar-refractivity contribution >= 4 is 22.9 Å². The van der Waals surface area contributed by atoms with Crippen LogP contribution in [0.1, 0.15) is 61.3 Å². The lowest BCUT2D eigenvalue weighted by Crippen LogP contribution is -2.30. The number of hydrogen-bond acceptors (Lipinski definition) is 6. The zero-order chi connectivity index (χ0) is 24.8. The number of fused-ring (bicyclic) bond motifs is 1. The second-order valence-corrected chi connectivity index (χ2v) is 8.37. The first-order valence-electron chi connectivity index (χ1n) is 11.0. The lowest BCUT2D eigenvalue weighted by molar-refractivity contribution is -0.124. The molecule has 0 aliphatic heterocycles. The highest BCUT2D eigenvalue weighted by Gasteiger charge is 2.20. The van der Waals surface area contributed by atoms with Gasteiger partial charge in [0.2, 0.25) is 0 Å². The molecule has 1 aromatic carbocycles. The largest absolute Gasteiger partial charge is 0.452 e. The molecule has 0 atom stereocenters. The van der Waals surface area contributed by atoms with Gasteiger partial charge < -0.3 is 14.8 Å². The van der Waals surface area contributed by atoms with E-state index in [0.29, 0.717) is 29.6 Å². The predicted molar refractivity (Wildman–Crippen MR) is 122 cm³/mol. The molecular weight excluding hydrogens is 446 g/mol. The number of rotatable bonds is 10. The van der Waals surface area contributed by atoms with Gasteiger partial charge >= 0.3 is 12.6 Å². The van der Waals surface area contributed by atoms with E-state index >= 15 is 0 Å². The minimum absolute atomic E-state index is 0.0649. The molecule has 1 amide bonds. The Labute approximate surface area is 196 Å². The number of pyridine rings is 1. The first-order chi connectivity index (χ1) is 16.2.